The third kappa shape index (κ3) is 4.29. The smallest absolute Gasteiger partial charge is 0.252 e. The third-order valence-electron chi connectivity index (χ3n) is 5.60. The molecule has 1 amide bonds. The molecule has 0 atom stereocenters. The van der Waals surface area contributed by atoms with Crippen LogP contribution in [-0.2, 0) is 6.42 Å². The predicted octanol–water partition coefficient (Wildman–Crippen LogP) is 5.18. The van der Waals surface area contributed by atoms with Gasteiger partial charge in [-0.1, -0.05) is 55.5 Å². The van der Waals surface area contributed by atoms with E-state index < -0.39 is 5.54 Å². The van der Waals surface area contributed by atoms with E-state index in [9.17, 15) is 9.59 Å². The number of carbonyl (C=O) groups is 2. The zero-order valence-corrected chi connectivity index (χ0v) is 16.6. The summed E-state index contributed by atoms with van der Waals surface area (Å²) in [7, 11) is 0. The SMILES string of the molecule is CCc1ccc(C(=O)NC2(C(=O)c3cc(C)cc(C)c3)CCCCC2)cc1. The van der Waals surface area contributed by atoms with E-state index in [1.165, 1.54) is 5.56 Å². The first-order valence-corrected chi connectivity index (χ1v) is 9.98. The van der Waals surface area contributed by atoms with Gasteiger partial charge in [-0.3, -0.25) is 9.59 Å². The van der Waals surface area contributed by atoms with Gasteiger partial charge in [0.15, 0.2) is 5.78 Å². The molecule has 27 heavy (non-hydrogen) atoms. The van der Waals surface area contributed by atoms with Crippen molar-refractivity contribution in [3.05, 3.63) is 70.3 Å². The van der Waals surface area contributed by atoms with Gasteiger partial charge in [0.1, 0.15) is 5.54 Å². The second-order valence-corrected chi connectivity index (χ2v) is 7.85. The molecule has 1 fully saturated rings. The molecule has 0 spiro atoms. The van der Waals surface area contributed by atoms with E-state index in [-0.39, 0.29) is 11.7 Å². The maximum absolute atomic E-state index is 13.5. The predicted molar refractivity (Wildman–Crippen MR) is 109 cm³/mol. The number of ketones is 1. The summed E-state index contributed by atoms with van der Waals surface area (Å²) >= 11 is 0. The summed E-state index contributed by atoms with van der Waals surface area (Å²) in [5.74, 6) is -0.107. The Balaban J connectivity index is 1.89. The molecule has 3 heteroatoms. The Morgan fingerprint density at radius 1 is 0.889 bits per heavy atom. The largest absolute Gasteiger partial charge is 0.339 e. The summed E-state index contributed by atoms with van der Waals surface area (Å²) in [6.45, 7) is 6.10. The number of amides is 1. The number of hydrogen-bond donors (Lipinski definition) is 1. The third-order valence-corrected chi connectivity index (χ3v) is 5.60. The molecule has 0 heterocycles. The van der Waals surface area contributed by atoms with Crippen LogP contribution in [0, 0.1) is 13.8 Å². The number of nitrogens with one attached hydrogen (secondary N) is 1. The second kappa shape index (κ2) is 8.08. The number of hydrogen-bond acceptors (Lipinski definition) is 2. The summed E-state index contributed by atoms with van der Waals surface area (Å²) in [6.07, 6.45) is 5.40. The molecule has 0 radical (unpaired) electrons. The lowest BCUT2D eigenvalue weighted by Gasteiger charge is -2.37. The number of benzene rings is 2. The molecular weight excluding hydrogens is 334 g/mol. The van der Waals surface area contributed by atoms with Gasteiger partial charge in [0.25, 0.3) is 5.91 Å². The fraction of sp³-hybridized carbons (Fsp3) is 0.417. The molecule has 2 aromatic carbocycles. The van der Waals surface area contributed by atoms with Crippen LogP contribution in [0.25, 0.3) is 0 Å². The Bertz CT molecular complexity index is 810. The molecule has 0 aliphatic heterocycles. The molecule has 3 rings (SSSR count). The van der Waals surface area contributed by atoms with Gasteiger partial charge in [0, 0.05) is 11.1 Å². The minimum absolute atomic E-state index is 0.0486. The fourth-order valence-electron chi connectivity index (χ4n) is 4.13. The van der Waals surface area contributed by atoms with Crippen LogP contribution < -0.4 is 5.32 Å². The molecule has 3 nitrogen and oxygen atoms in total. The molecule has 1 N–H and O–H groups in total. The van der Waals surface area contributed by atoms with Gasteiger partial charge in [-0.05, 0) is 62.9 Å². The number of Topliss-reactive ketones (excluding diaryl/α,β-unsaturated/α-hetero) is 1. The van der Waals surface area contributed by atoms with Gasteiger partial charge >= 0.3 is 0 Å². The zero-order chi connectivity index (χ0) is 19.4. The van der Waals surface area contributed by atoms with E-state index in [1.807, 2.05) is 50.2 Å². The average molecular weight is 364 g/mol. The van der Waals surface area contributed by atoms with Crippen molar-refractivity contribution in [1.82, 2.24) is 5.32 Å². The first-order valence-electron chi connectivity index (χ1n) is 9.98. The van der Waals surface area contributed by atoms with Crippen LogP contribution in [0.1, 0.15) is 76.4 Å². The van der Waals surface area contributed by atoms with Crippen molar-refractivity contribution in [3.63, 3.8) is 0 Å². The monoisotopic (exact) mass is 363 g/mol. The van der Waals surface area contributed by atoms with E-state index in [4.69, 9.17) is 0 Å². The molecule has 142 valence electrons. The highest BCUT2D eigenvalue weighted by molar-refractivity contribution is 6.07. The Hall–Kier alpha value is -2.42. The lowest BCUT2D eigenvalue weighted by atomic mass is 9.76. The topological polar surface area (TPSA) is 46.2 Å². The number of rotatable bonds is 5. The standard InChI is InChI=1S/C24H29NO2/c1-4-19-8-10-20(11-9-19)23(27)25-24(12-6-5-7-13-24)22(26)21-15-17(2)14-18(3)16-21/h8-11,14-16H,4-7,12-13H2,1-3H3,(H,25,27). The highest BCUT2D eigenvalue weighted by atomic mass is 16.2. The van der Waals surface area contributed by atoms with Crippen LogP contribution in [0.15, 0.2) is 42.5 Å². The van der Waals surface area contributed by atoms with Crippen LogP contribution in [0.3, 0.4) is 0 Å². The van der Waals surface area contributed by atoms with Crippen molar-refractivity contribution in [1.29, 1.82) is 0 Å². The Kier molecular flexibility index (Phi) is 5.79. The van der Waals surface area contributed by atoms with Gasteiger partial charge in [0.05, 0.1) is 0 Å². The van der Waals surface area contributed by atoms with E-state index in [2.05, 4.69) is 18.3 Å². The van der Waals surface area contributed by atoms with E-state index in [1.54, 1.807) is 0 Å². The number of carbonyl (C=O) groups excluding carboxylic acids is 2. The minimum Gasteiger partial charge on any atom is -0.339 e. The van der Waals surface area contributed by atoms with Crippen LogP contribution >= 0.6 is 0 Å². The summed E-state index contributed by atoms with van der Waals surface area (Å²) in [4.78, 5) is 26.4. The van der Waals surface area contributed by atoms with Crippen LogP contribution in [0.2, 0.25) is 0 Å². The summed E-state index contributed by atoms with van der Waals surface area (Å²) < 4.78 is 0. The lowest BCUT2D eigenvalue weighted by Crippen LogP contribution is -2.55. The van der Waals surface area contributed by atoms with Crippen LogP contribution in [-0.4, -0.2) is 17.2 Å². The summed E-state index contributed by atoms with van der Waals surface area (Å²) in [5, 5.41) is 3.13. The number of aryl methyl sites for hydroxylation is 3. The van der Waals surface area contributed by atoms with Crippen LogP contribution in [0.5, 0.6) is 0 Å². The molecule has 2 aromatic rings. The Morgan fingerprint density at radius 2 is 1.48 bits per heavy atom. The van der Waals surface area contributed by atoms with Crippen molar-refractivity contribution in [2.45, 2.75) is 64.8 Å². The normalized spacial score (nSPS) is 16.0. The molecule has 0 bridgehead atoms. The fourth-order valence-corrected chi connectivity index (χ4v) is 4.13. The van der Waals surface area contributed by atoms with E-state index >= 15 is 0 Å². The lowest BCUT2D eigenvalue weighted by molar-refractivity contribution is 0.0714. The van der Waals surface area contributed by atoms with Crippen molar-refractivity contribution < 1.29 is 9.59 Å². The van der Waals surface area contributed by atoms with Gasteiger partial charge < -0.3 is 5.32 Å². The summed E-state index contributed by atoms with van der Waals surface area (Å²) in [6, 6.07) is 13.6. The molecule has 0 saturated heterocycles. The highest BCUT2D eigenvalue weighted by Gasteiger charge is 2.41. The van der Waals surface area contributed by atoms with Gasteiger partial charge in [-0.25, -0.2) is 0 Å². The summed E-state index contributed by atoms with van der Waals surface area (Å²) in [5.41, 5.74) is 3.88. The maximum Gasteiger partial charge on any atom is 0.252 e. The van der Waals surface area contributed by atoms with Crippen molar-refractivity contribution >= 4 is 11.7 Å². The highest BCUT2D eigenvalue weighted by Crippen LogP contribution is 2.32. The van der Waals surface area contributed by atoms with Crippen molar-refractivity contribution in [2.24, 2.45) is 0 Å². The molecule has 1 aliphatic carbocycles. The quantitative estimate of drug-likeness (QED) is 0.744. The minimum atomic E-state index is -0.793. The molecule has 0 unspecified atom stereocenters. The zero-order valence-electron chi connectivity index (χ0n) is 16.6. The van der Waals surface area contributed by atoms with Gasteiger partial charge in [-0.2, -0.15) is 0 Å². The first kappa shape index (κ1) is 19.3. The van der Waals surface area contributed by atoms with Crippen LogP contribution in [0.4, 0.5) is 0 Å². The Morgan fingerprint density at radius 3 is 2.04 bits per heavy atom. The molecule has 1 saturated carbocycles. The average Bonchev–Trinajstić information content (AvgIpc) is 2.67. The molecular formula is C24H29NO2. The maximum atomic E-state index is 13.5. The van der Waals surface area contributed by atoms with E-state index in [0.717, 1.165) is 36.8 Å². The second-order valence-electron chi connectivity index (χ2n) is 7.85. The molecule has 0 aromatic heterocycles. The van der Waals surface area contributed by atoms with Gasteiger partial charge in [-0.15, -0.1) is 0 Å². The first-order chi connectivity index (χ1) is 12.9. The van der Waals surface area contributed by atoms with Gasteiger partial charge in [0.2, 0.25) is 0 Å². The molecule has 1 aliphatic rings. The van der Waals surface area contributed by atoms with E-state index in [0.29, 0.717) is 24.0 Å². The van der Waals surface area contributed by atoms with Crippen molar-refractivity contribution in [2.75, 3.05) is 0 Å². The Labute approximate surface area is 162 Å². The van der Waals surface area contributed by atoms with Crippen molar-refractivity contribution in [3.8, 4) is 0 Å².